The van der Waals surface area contributed by atoms with E-state index in [0.717, 1.165) is 122 Å². The molecule has 0 saturated carbocycles. The van der Waals surface area contributed by atoms with Crippen LogP contribution in [-0.4, -0.2) is 37.2 Å². The third-order valence-electron chi connectivity index (χ3n) is 13.9. The predicted octanol–water partition coefficient (Wildman–Crippen LogP) is 22.8. The zero-order valence-electron chi connectivity index (χ0n) is 51.6. The van der Waals surface area contributed by atoms with Crippen LogP contribution >= 0.6 is 0 Å². The summed E-state index contributed by atoms with van der Waals surface area (Å²) in [6.45, 7) is 6.43. The van der Waals surface area contributed by atoms with Gasteiger partial charge in [-0.25, -0.2) is 0 Å². The van der Waals surface area contributed by atoms with Crippen molar-refractivity contribution >= 4 is 17.9 Å². The first kappa shape index (κ1) is 74.8. The minimum atomic E-state index is -0.806. The Hall–Kier alpha value is -4.19. The first-order valence-corrected chi connectivity index (χ1v) is 33.0. The van der Waals surface area contributed by atoms with Crippen molar-refractivity contribution in [2.45, 2.75) is 309 Å². The molecule has 450 valence electrons. The van der Waals surface area contributed by atoms with E-state index in [9.17, 15) is 14.4 Å². The van der Waals surface area contributed by atoms with Gasteiger partial charge >= 0.3 is 17.9 Å². The van der Waals surface area contributed by atoms with Crippen molar-refractivity contribution in [2.75, 3.05) is 13.2 Å². The molecule has 0 N–H and O–H groups in total. The Kier molecular flexibility index (Phi) is 62.8. The van der Waals surface area contributed by atoms with Gasteiger partial charge in [0, 0.05) is 19.3 Å². The number of hydrogen-bond acceptors (Lipinski definition) is 6. The van der Waals surface area contributed by atoms with Crippen molar-refractivity contribution in [1.29, 1.82) is 0 Å². The summed E-state index contributed by atoms with van der Waals surface area (Å²) in [5, 5.41) is 0. The molecule has 0 aromatic heterocycles. The van der Waals surface area contributed by atoms with Crippen LogP contribution in [0.5, 0.6) is 0 Å². The molecule has 0 aliphatic heterocycles. The van der Waals surface area contributed by atoms with Crippen LogP contribution in [0.25, 0.3) is 0 Å². The van der Waals surface area contributed by atoms with Gasteiger partial charge < -0.3 is 14.2 Å². The third kappa shape index (κ3) is 64.5. The maximum atomic E-state index is 12.9. The van der Waals surface area contributed by atoms with E-state index in [0.29, 0.717) is 19.3 Å². The molecule has 0 aliphatic carbocycles. The zero-order chi connectivity index (χ0) is 57.1. The molecule has 6 heteroatoms. The second-order valence-electron chi connectivity index (χ2n) is 21.6. The molecule has 0 saturated heterocycles. The van der Waals surface area contributed by atoms with Crippen LogP contribution in [0.3, 0.4) is 0 Å². The molecule has 0 aromatic rings. The zero-order valence-corrected chi connectivity index (χ0v) is 51.6. The van der Waals surface area contributed by atoms with E-state index in [-0.39, 0.29) is 37.5 Å². The Morgan fingerprint density at radius 3 is 0.886 bits per heavy atom. The average molecular weight is 1100 g/mol. The van der Waals surface area contributed by atoms with E-state index in [1.54, 1.807) is 0 Å². The Labute approximate surface area is 488 Å². The number of esters is 3. The van der Waals surface area contributed by atoms with Crippen LogP contribution in [0.1, 0.15) is 303 Å². The maximum Gasteiger partial charge on any atom is 0.306 e. The fourth-order valence-electron chi connectivity index (χ4n) is 9.04. The predicted molar refractivity (Wildman–Crippen MR) is 343 cm³/mol. The summed E-state index contributed by atoms with van der Waals surface area (Å²) < 4.78 is 16.8. The van der Waals surface area contributed by atoms with E-state index in [4.69, 9.17) is 14.2 Å². The summed E-state index contributed by atoms with van der Waals surface area (Å²) in [4.78, 5) is 38.2. The second kappa shape index (κ2) is 66.3. The number of allylic oxidation sites excluding steroid dienone is 20. The molecule has 0 heterocycles. The second-order valence-corrected chi connectivity index (χ2v) is 21.6. The van der Waals surface area contributed by atoms with Crippen molar-refractivity contribution < 1.29 is 28.6 Å². The molecule has 0 spiro atoms. The first-order valence-electron chi connectivity index (χ1n) is 33.0. The van der Waals surface area contributed by atoms with Crippen LogP contribution in [0.2, 0.25) is 0 Å². The van der Waals surface area contributed by atoms with E-state index >= 15 is 0 Å². The van der Waals surface area contributed by atoms with Gasteiger partial charge in [0.1, 0.15) is 13.2 Å². The van der Waals surface area contributed by atoms with Gasteiger partial charge in [-0.15, -0.1) is 0 Å². The summed E-state index contributed by atoms with van der Waals surface area (Å²) in [6.07, 6.45) is 92.3. The Balaban J connectivity index is 4.34. The lowest BCUT2D eigenvalue weighted by molar-refractivity contribution is -0.167. The molecule has 0 aliphatic rings. The van der Waals surface area contributed by atoms with Crippen LogP contribution in [0.15, 0.2) is 122 Å². The quantitative estimate of drug-likeness (QED) is 0.0261. The number of hydrogen-bond donors (Lipinski definition) is 0. The van der Waals surface area contributed by atoms with Gasteiger partial charge in [0.25, 0.3) is 0 Å². The summed E-state index contributed by atoms with van der Waals surface area (Å²) >= 11 is 0. The molecule has 1 atom stereocenters. The van der Waals surface area contributed by atoms with Crippen molar-refractivity contribution in [3.05, 3.63) is 122 Å². The molecule has 79 heavy (non-hydrogen) atoms. The van der Waals surface area contributed by atoms with E-state index in [1.165, 1.54) is 135 Å². The highest BCUT2D eigenvalue weighted by Crippen LogP contribution is 2.17. The van der Waals surface area contributed by atoms with Crippen LogP contribution in [0, 0.1) is 0 Å². The minimum Gasteiger partial charge on any atom is -0.462 e. The number of rotatable bonds is 59. The topological polar surface area (TPSA) is 78.9 Å². The van der Waals surface area contributed by atoms with Gasteiger partial charge in [-0.2, -0.15) is 0 Å². The van der Waals surface area contributed by atoms with Gasteiger partial charge in [-0.1, -0.05) is 303 Å². The molecule has 0 rings (SSSR count). The van der Waals surface area contributed by atoms with E-state index < -0.39 is 6.10 Å². The van der Waals surface area contributed by atoms with Crippen LogP contribution in [-0.2, 0) is 28.6 Å². The number of carbonyl (C=O) groups excluding carboxylic acids is 3. The van der Waals surface area contributed by atoms with Gasteiger partial charge in [0.15, 0.2) is 6.10 Å². The SMILES string of the molecule is CC/C=C\C/C=C\C/C=C\C/C=C\C/C=C\C/C=C\C/C=C\C/C=C\C/C=C\CCCC(=O)OCC(COC(=O)CCCCCCC/C=C\CCC)OC(=O)CCCCCCCCCCCCCCCCCCCCCCCC. The molecule has 0 amide bonds. The Morgan fingerprint density at radius 2 is 0.532 bits per heavy atom. The lowest BCUT2D eigenvalue weighted by Crippen LogP contribution is -2.30. The van der Waals surface area contributed by atoms with Crippen molar-refractivity contribution in [1.82, 2.24) is 0 Å². The lowest BCUT2D eigenvalue weighted by atomic mass is 10.0. The van der Waals surface area contributed by atoms with E-state index in [2.05, 4.69) is 142 Å². The largest absolute Gasteiger partial charge is 0.462 e. The summed E-state index contributed by atoms with van der Waals surface area (Å²) in [6, 6.07) is 0. The smallest absolute Gasteiger partial charge is 0.306 e. The van der Waals surface area contributed by atoms with Crippen molar-refractivity contribution in [3.63, 3.8) is 0 Å². The van der Waals surface area contributed by atoms with Crippen LogP contribution < -0.4 is 0 Å². The van der Waals surface area contributed by atoms with Gasteiger partial charge in [-0.05, 0) is 103 Å². The first-order chi connectivity index (χ1) is 39.0. The summed E-state index contributed by atoms with van der Waals surface area (Å²) in [5.41, 5.74) is 0. The molecule has 0 aromatic carbocycles. The fourth-order valence-corrected chi connectivity index (χ4v) is 9.04. The van der Waals surface area contributed by atoms with Gasteiger partial charge in [0.2, 0.25) is 0 Å². The number of unbranched alkanes of at least 4 members (excludes halogenated alkanes) is 28. The Morgan fingerprint density at radius 1 is 0.266 bits per heavy atom. The minimum absolute atomic E-state index is 0.100. The normalized spacial score (nSPS) is 12.9. The highest BCUT2D eigenvalue weighted by Gasteiger charge is 2.19. The summed E-state index contributed by atoms with van der Waals surface area (Å²) in [5.74, 6) is -0.966. The molecule has 0 radical (unpaired) electrons. The monoisotopic (exact) mass is 1090 g/mol. The molecule has 1 unspecified atom stereocenters. The van der Waals surface area contributed by atoms with Crippen molar-refractivity contribution in [3.8, 4) is 0 Å². The number of carbonyl (C=O) groups is 3. The molecule has 6 nitrogen and oxygen atoms in total. The lowest BCUT2D eigenvalue weighted by Gasteiger charge is -2.18. The third-order valence-corrected chi connectivity index (χ3v) is 13.9. The molecular weight excluding hydrogens is 973 g/mol. The Bertz CT molecular complexity index is 1640. The van der Waals surface area contributed by atoms with Crippen LogP contribution in [0.4, 0.5) is 0 Å². The van der Waals surface area contributed by atoms with Crippen molar-refractivity contribution in [2.24, 2.45) is 0 Å². The number of ether oxygens (including phenoxy) is 3. The maximum absolute atomic E-state index is 12.9. The van der Waals surface area contributed by atoms with E-state index in [1.807, 2.05) is 0 Å². The van der Waals surface area contributed by atoms with Gasteiger partial charge in [0.05, 0.1) is 0 Å². The summed E-state index contributed by atoms with van der Waals surface area (Å²) in [7, 11) is 0. The average Bonchev–Trinajstić information content (AvgIpc) is 3.45. The fraction of sp³-hybridized carbons (Fsp3) is 0.685. The molecular formula is C73H122O6. The standard InChI is InChI=1S/C73H122O6/c1-4-7-10-13-16-19-22-24-26-28-30-32-34-35-36-37-38-39-40-42-43-45-47-49-51-54-57-60-63-66-72(75)78-69-70(68-77-71(74)65-62-59-56-53-21-18-15-12-9-6-3)79-73(76)67-64-61-58-55-52-50-48-46-44-41-33-31-29-27-25-23-20-17-14-11-8-5-2/h7,10,12,15-16,19,24,26,30,32,35-36,38-39,42-43,47,49,54,57,70H,4-6,8-9,11,13-14,17-18,20-23,25,27-29,31,33-34,37,40-41,44-46,48,50-53,55-56,58-69H2,1-3H3/b10-7-,15-12-,19-16-,26-24-,32-30-,36-35-,39-38-,43-42-,49-47-,57-54-. The highest BCUT2D eigenvalue weighted by atomic mass is 16.6. The highest BCUT2D eigenvalue weighted by molar-refractivity contribution is 5.71. The molecule has 0 bridgehead atoms. The molecule has 0 fully saturated rings. The van der Waals surface area contributed by atoms with Gasteiger partial charge in [-0.3, -0.25) is 14.4 Å².